The van der Waals surface area contributed by atoms with Gasteiger partial charge in [-0.25, -0.2) is 4.98 Å². The van der Waals surface area contributed by atoms with Gasteiger partial charge < -0.3 is 10.3 Å². The minimum atomic E-state index is 1.01. The maximum atomic E-state index is 4.66. The number of hydrogen-bond donors (Lipinski definition) is 2. The first-order chi connectivity index (χ1) is 7.72. The van der Waals surface area contributed by atoms with Gasteiger partial charge in [-0.1, -0.05) is 12.1 Å². The lowest BCUT2D eigenvalue weighted by atomic mass is 10.1. The highest BCUT2D eigenvalue weighted by molar-refractivity contribution is 5.81. The predicted molar refractivity (Wildman–Crippen MR) is 67.8 cm³/mol. The van der Waals surface area contributed by atoms with Crippen molar-refractivity contribution in [3.63, 3.8) is 0 Å². The van der Waals surface area contributed by atoms with Crippen LogP contribution in [0.15, 0.2) is 12.1 Å². The summed E-state index contributed by atoms with van der Waals surface area (Å²) in [4.78, 5) is 8.09. The van der Waals surface area contributed by atoms with E-state index >= 15 is 0 Å². The number of imidazole rings is 1. The SMILES string of the molecule is CNCCCc1nc2c(C)ccc(C)c2[nH]1. The molecule has 2 aromatic rings. The molecule has 0 unspecified atom stereocenters. The van der Waals surface area contributed by atoms with Crippen molar-refractivity contribution in [2.24, 2.45) is 0 Å². The Morgan fingerprint density at radius 2 is 2.00 bits per heavy atom. The standard InChI is InChI=1S/C13H19N3/c1-9-6-7-10(2)13-12(9)15-11(16-13)5-4-8-14-3/h6-7,14H,4-5,8H2,1-3H3,(H,15,16). The number of aryl methyl sites for hydroxylation is 3. The van der Waals surface area contributed by atoms with Gasteiger partial charge in [-0.05, 0) is 45.0 Å². The molecule has 0 radical (unpaired) electrons. The van der Waals surface area contributed by atoms with E-state index in [9.17, 15) is 0 Å². The van der Waals surface area contributed by atoms with Gasteiger partial charge in [0.05, 0.1) is 11.0 Å². The van der Waals surface area contributed by atoms with Gasteiger partial charge in [0.25, 0.3) is 0 Å². The van der Waals surface area contributed by atoms with Crippen LogP contribution in [0.25, 0.3) is 11.0 Å². The number of nitrogens with one attached hydrogen (secondary N) is 2. The summed E-state index contributed by atoms with van der Waals surface area (Å²) in [6.07, 6.45) is 2.13. The number of nitrogens with zero attached hydrogens (tertiary/aromatic N) is 1. The molecule has 0 bridgehead atoms. The van der Waals surface area contributed by atoms with E-state index in [0.29, 0.717) is 0 Å². The molecule has 0 aliphatic carbocycles. The van der Waals surface area contributed by atoms with Crippen molar-refractivity contribution in [3.8, 4) is 0 Å². The van der Waals surface area contributed by atoms with Crippen molar-refractivity contribution < 1.29 is 0 Å². The molecular weight excluding hydrogens is 198 g/mol. The second-order valence-corrected chi connectivity index (χ2v) is 4.31. The first-order valence-electron chi connectivity index (χ1n) is 5.82. The molecule has 0 fully saturated rings. The normalized spacial score (nSPS) is 11.2. The van der Waals surface area contributed by atoms with Crippen molar-refractivity contribution in [3.05, 3.63) is 29.1 Å². The Balaban J connectivity index is 2.29. The number of aromatic amines is 1. The lowest BCUT2D eigenvalue weighted by molar-refractivity contribution is 0.708. The van der Waals surface area contributed by atoms with E-state index in [0.717, 1.165) is 30.7 Å². The Labute approximate surface area is 96.3 Å². The number of aromatic nitrogens is 2. The molecule has 2 N–H and O–H groups in total. The summed E-state index contributed by atoms with van der Waals surface area (Å²) in [5.41, 5.74) is 4.84. The molecule has 0 saturated carbocycles. The van der Waals surface area contributed by atoms with Gasteiger partial charge in [0.1, 0.15) is 5.82 Å². The fourth-order valence-electron chi connectivity index (χ4n) is 1.96. The summed E-state index contributed by atoms with van der Waals surface area (Å²) < 4.78 is 0. The lowest BCUT2D eigenvalue weighted by Gasteiger charge is -1.96. The summed E-state index contributed by atoms with van der Waals surface area (Å²) in [5.74, 6) is 1.10. The molecule has 0 atom stereocenters. The molecule has 3 heteroatoms. The van der Waals surface area contributed by atoms with Crippen molar-refractivity contribution in [2.45, 2.75) is 26.7 Å². The molecule has 1 aromatic heterocycles. The van der Waals surface area contributed by atoms with Crippen LogP contribution >= 0.6 is 0 Å². The molecular formula is C13H19N3. The monoisotopic (exact) mass is 217 g/mol. The molecule has 0 aliphatic rings. The van der Waals surface area contributed by atoms with Crippen molar-refractivity contribution >= 4 is 11.0 Å². The Morgan fingerprint density at radius 3 is 2.69 bits per heavy atom. The lowest BCUT2D eigenvalue weighted by Crippen LogP contribution is -2.08. The number of H-pyrrole nitrogens is 1. The largest absolute Gasteiger partial charge is 0.342 e. The molecule has 2 rings (SSSR count). The van der Waals surface area contributed by atoms with Crippen molar-refractivity contribution in [1.82, 2.24) is 15.3 Å². The Bertz CT molecular complexity index is 446. The smallest absolute Gasteiger partial charge is 0.107 e. The number of hydrogen-bond acceptors (Lipinski definition) is 2. The molecule has 0 amide bonds. The molecule has 16 heavy (non-hydrogen) atoms. The first-order valence-corrected chi connectivity index (χ1v) is 5.82. The topological polar surface area (TPSA) is 40.7 Å². The van der Waals surface area contributed by atoms with Crippen LogP contribution in [0.5, 0.6) is 0 Å². The maximum absolute atomic E-state index is 4.66. The number of rotatable bonds is 4. The van der Waals surface area contributed by atoms with E-state index in [4.69, 9.17) is 0 Å². The van der Waals surface area contributed by atoms with Gasteiger partial charge in [0, 0.05) is 6.42 Å². The summed E-state index contributed by atoms with van der Waals surface area (Å²) in [6.45, 7) is 5.27. The molecule has 86 valence electrons. The Hall–Kier alpha value is -1.35. The van der Waals surface area contributed by atoms with Crippen LogP contribution in [-0.4, -0.2) is 23.6 Å². The molecule has 0 aliphatic heterocycles. The second kappa shape index (κ2) is 4.66. The molecule has 0 spiro atoms. The zero-order chi connectivity index (χ0) is 11.5. The quantitative estimate of drug-likeness (QED) is 0.772. The van der Waals surface area contributed by atoms with Crippen molar-refractivity contribution in [1.29, 1.82) is 0 Å². The summed E-state index contributed by atoms with van der Waals surface area (Å²) in [5, 5.41) is 3.15. The number of fused-ring (bicyclic) bond motifs is 1. The van der Waals surface area contributed by atoms with E-state index in [-0.39, 0.29) is 0 Å². The van der Waals surface area contributed by atoms with Crippen LogP contribution in [-0.2, 0) is 6.42 Å². The minimum absolute atomic E-state index is 1.01. The molecule has 1 aromatic carbocycles. The fourth-order valence-corrected chi connectivity index (χ4v) is 1.96. The first kappa shape index (κ1) is 11.1. The van der Waals surface area contributed by atoms with Crippen LogP contribution in [0.4, 0.5) is 0 Å². The minimum Gasteiger partial charge on any atom is -0.342 e. The van der Waals surface area contributed by atoms with E-state index in [1.165, 1.54) is 16.6 Å². The van der Waals surface area contributed by atoms with Crippen molar-refractivity contribution in [2.75, 3.05) is 13.6 Å². The van der Waals surface area contributed by atoms with Gasteiger partial charge >= 0.3 is 0 Å². The summed E-state index contributed by atoms with van der Waals surface area (Å²) in [7, 11) is 1.98. The van der Waals surface area contributed by atoms with E-state index < -0.39 is 0 Å². The van der Waals surface area contributed by atoms with Crippen LogP contribution in [0.3, 0.4) is 0 Å². The zero-order valence-corrected chi connectivity index (χ0v) is 10.2. The van der Waals surface area contributed by atoms with E-state index in [1.54, 1.807) is 0 Å². The third kappa shape index (κ3) is 2.09. The summed E-state index contributed by atoms with van der Waals surface area (Å²) in [6, 6.07) is 4.28. The average Bonchev–Trinajstić information content (AvgIpc) is 2.69. The van der Waals surface area contributed by atoms with Gasteiger partial charge in [0.2, 0.25) is 0 Å². The highest BCUT2D eigenvalue weighted by Gasteiger charge is 2.06. The van der Waals surface area contributed by atoms with Crippen LogP contribution in [0.1, 0.15) is 23.4 Å². The van der Waals surface area contributed by atoms with Gasteiger partial charge in [0.15, 0.2) is 0 Å². The number of benzene rings is 1. The molecule has 1 heterocycles. The highest BCUT2D eigenvalue weighted by atomic mass is 14.9. The third-order valence-electron chi connectivity index (χ3n) is 2.94. The zero-order valence-electron chi connectivity index (χ0n) is 10.2. The van der Waals surface area contributed by atoms with E-state index in [2.05, 4.69) is 41.3 Å². The second-order valence-electron chi connectivity index (χ2n) is 4.31. The summed E-state index contributed by atoms with van der Waals surface area (Å²) >= 11 is 0. The Kier molecular flexibility index (Phi) is 3.25. The molecule has 3 nitrogen and oxygen atoms in total. The Morgan fingerprint density at radius 1 is 1.25 bits per heavy atom. The van der Waals surface area contributed by atoms with Gasteiger partial charge in [-0.3, -0.25) is 0 Å². The van der Waals surface area contributed by atoms with Gasteiger partial charge in [-0.2, -0.15) is 0 Å². The third-order valence-corrected chi connectivity index (χ3v) is 2.94. The van der Waals surface area contributed by atoms with E-state index in [1.807, 2.05) is 7.05 Å². The van der Waals surface area contributed by atoms with Gasteiger partial charge in [-0.15, -0.1) is 0 Å². The maximum Gasteiger partial charge on any atom is 0.107 e. The predicted octanol–water partition coefficient (Wildman–Crippen LogP) is 2.33. The average molecular weight is 217 g/mol. The molecule has 0 saturated heterocycles. The van der Waals surface area contributed by atoms with Crippen LogP contribution < -0.4 is 5.32 Å². The van der Waals surface area contributed by atoms with Crippen LogP contribution in [0.2, 0.25) is 0 Å². The van der Waals surface area contributed by atoms with Crippen LogP contribution in [0, 0.1) is 13.8 Å². The highest BCUT2D eigenvalue weighted by Crippen LogP contribution is 2.20. The fraction of sp³-hybridized carbons (Fsp3) is 0.462.